The Hall–Kier alpha value is -2.63. The molecule has 1 aromatic rings. The lowest BCUT2D eigenvalue weighted by atomic mass is 9.85. The third kappa shape index (κ3) is 3.75. The number of benzene rings is 1. The van der Waals surface area contributed by atoms with Gasteiger partial charge in [-0.1, -0.05) is 39.0 Å². The molecule has 1 saturated heterocycles. The van der Waals surface area contributed by atoms with Gasteiger partial charge in [0.15, 0.2) is 0 Å². The molecule has 0 aromatic heterocycles. The van der Waals surface area contributed by atoms with E-state index in [-0.39, 0.29) is 35.6 Å². The van der Waals surface area contributed by atoms with Crippen molar-refractivity contribution in [1.82, 2.24) is 4.90 Å². The summed E-state index contributed by atoms with van der Waals surface area (Å²) in [6.45, 7) is 5.97. The fraction of sp³-hybridized carbons (Fsp3) is 0.476. The van der Waals surface area contributed by atoms with Gasteiger partial charge in [0.05, 0.1) is 24.6 Å². The summed E-state index contributed by atoms with van der Waals surface area (Å²) < 4.78 is 5.33. The van der Waals surface area contributed by atoms with E-state index in [1.807, 2.05) is 30.4 Å². The highest BCUT2D eigenvalue weighted by Crippen LogP contribution is 2.35. The van der Waals surface area contributed by atoms with E-state index in [2.05, 4.69) is 26.1 Å². The molecule has 3 rings (SSSR count). The average Bonchev–Trinajstić information content (AvgIpc) is 2.86. The quantitative estimate of drug-likeness (QED) is 0.653. The van der Waals surface area contributed by atoms with Crippen LogP contribution in [0.2, 0.25) is 0 Å². The predicted molar refractivity (Wildman–Crippen MR) is 102 cm³/mol. The Bertz CT molecular complexity index is 781. The number of fused-ring (bicyclic) bond motifs is 1. The second kappa shape index (κ2) is 7.18. The molecule has 6 nitrogen and oxygen atoms in total. The van der Waals surface area contributed by atoms with Crippen LogP contribution in [0.15, 0.2) is 30.4 Å². The molecule has 144 valence electrons. The second-order valence-electron chi connectivity index (χ2n) is 8.13. The summed E-state index contributed by atoms with van der Waals surface area (Å²) in [5.41, 5.74) is 1.49. The van der Waals surface area contributed by atoms with Crippen LogP contribution in [0.5, 0.6) is 5.75 Å². The van der Waals surface area contributed by atoms with Crippen molar-refractivity contribution < 1.29 is 19.1 Å². The Morgan fingerprint density at radius 3 is 2.26 bits per heavy atom. The molecule has 1 fully saturated rings. The molecule has 1 heterocycles. The van der Waals surface area contributed by atoms with Crippen LogP contribution < -0.4 is 10.1 Å². The van der Waals surface area contributed by atoms with E-state index in [0.29, 0.717) is 24.3 Å². The van der Waals surface area contributed by atoms with Crippen LogP contribution in [0.25, 0.3) is 0 Å². The van der Waals surface area contributed by atoms with Crippen molar-refractivity contribution in [2.75, 3.05) is 19.0 Å². The molecule has 0 saturated carbocycles. The molecule has 1 aliphatic heterocycles. The minimum atomic E-state index is -0.410. The van der Waals surface area contributed by atoms with E-state index < -0.39 is 5.91 Å². The highest BCUT2D eigenvalue weighted by molar-refractivity contribution is 6.09. The molecular formula is C21H26N2O4. The number of hydrogen-bond donors (Lipinski definition) is 1. The molecule has 1 aromatic carbocycles. The smallest absolute Gasteiger partial charge is 0.244 e. The van der Waals surface area contributed by atoms with Crippen molar-refractivity contribution in [2.45, 2.75) is 39.0 Å². The van der Waals surface area contributed by atoms with E-state index in [4.69, 9.17) is 4.74 Å². The van der Waals surface area contributed by atoms with Crippen molar-refractivity contribution in [3.05, 3.63) is 35.9 Å². The molecular weight excluding hydrogens is 344 g/mol. The van der Waals surface area contributed by atoms with Crippen molar-refractivity contribution in [3.63, 3.8) is 0 Å². The molecule has 3 amide bonds. The van der Waals surface area contributed by atoms with Gasteiger partial charge in [-0.15, -0.1) is 0 Å². The summed E-state index contributed by atoms with van der Waals surface area (Å²) in [5, 5.41) is 2.80. The molecule has 0 unspecified atom stereocenters. The molecule has 1 aliphatic carbocycles. The molecule has 2 atom stereocenters. The van der Waals surface area contributed by atoms with Gasteiger partial charge in [-0.25, -0.2) is 0 Å². The maximum Gasteiger partial charge on any atom is 0.244 e. The first-order valence-corrected chi connectivity index (χ1v) is 9.21. The fourth-order valence-electron chi connectivity index (χ4n) is 3.63. The molecule has 1 N–H and O–H groups in total. The number of carbonyl (C=O) groups is 3. The number of hydrogen-bond acceptors (Lipinski definition) is 4. The predicted octanol–water partition coefficient (Wildman–Crippen LogP) is 2.88. The number of nitrogens with zero attached hydrogens (tertiary/aromatic N) is 1. The van der Waals surface area contributed by atoms with Crippen LogP contribution in [0.3, 0.4) is 0 Å². The van der Waals surface area contributed by atoms with Crippen LogP contribution in [-0.4, -0.2) is 36.3 Å². The first-order chi connectivity index (χ1) is 12.7. The van der Waals surface area contributed by atoms with Crippen molar-refractivity contribution in [1.29, 1.82) is 0 Å². The zero-order valence-corrected chi connectivity index (χ0v) is 16.2. The molecule has 2 aliphatic rings. The standard InChI is InChI=1S/C21H26N2O4/c1-21(2,3)13-9-10-17(27-4)16(11-13)22-18(24)12-23-19(25)14-7-5-6-8-15(14)20(23)26/h5-6,9-11,14-15H,7-8,12H2,1-4H3,(H,22,24)/t14-,15-/m1/s1. The largest absolute Gasteiger partial charge is 0.495 e. The van der Waals surface area contributed by atoms with Gasteiger partial charge in [0.2, 0.25) is 17.7 Å². The van der Waals surface area contributed by atoms with Gasteiger partial charge in [0, 0.05) is 0 Å². The second-order valence-corrected chi connectivity index (χ2v) is 8.13. The molecule has 0 spiro atoms. The number of methoxy groups -OCH3 is 1. The first kappa shape index (κ1) is 19.1. The van der Waals surface area contributed by atoms with Gasteiger partial charge in [-0.05, 0) is 36.0 Å². The summed E-state index contributed by atoms with van der Waals surface area (Å²) in [6.07, 6.45) is 4.99. The molecule has 27 heavy (non-hydrogen) atoms. The average molecular weight is 370 g/mol. The van der Waals surface area contributed by atoms with Crippen molar-refractivity contribution in [2.24, 2.45) is 11.8 Å². The summed E-state index contributed by atoms with van der Waals surface area (Å²) in [4.78, 5) is 38.7. The van der Waals surface area contributed by atoms with Gasteiger partial charge >= 0.3 is 0 Å². The minimum absolute atomic E-state index is 0.0880. The van der Waals surface area contributed by atoms with Gasteiger partial charge in [-0.3, -0.25) is 19.3 Å². The van der Waals surface area contributed by atoms with E-state index in [0.717, 1.165) is 10.5 Å². The first-order valence-electron chi connectivity index (χ1n) is 9.21. The minimum Gasteiger partial charge on any atom is -0.495 e. The number of carbonyl (C=O) groups excluding carboxylic acids is 3. The van der Waals surface area contributed by atoms with Crippen LogP contribution in [-0.2, 0) is 19.8 Å². The lowest BCUT2D eigenvalue weighted by molar-refractivity contribution is -0.142. The Balaban J connectivity index is 1.75. The maximum absolute atomic E-state index is 12.6. The summed E-state index contributed by atoms with van der Waals surface area (Å²) in [7, 11) is 1.53. The molecule has 0 radical (unpaired) electrons. The van der Waals surface area contributed by atoms with Crippen LogP contribution in [0.4, 0.5) is 5.69 Å². The van der Waals surface area contributed by atoms with Crippen molar-refractivity contribution >= 4 is 23.4 Å². The summed E-state index contributed by atoms with van der Waals surface area (Å²) >= 11 is 0. The van der Waals surface area contributed by atoms with Crippen molar-refractivity contribution in [3.8, 4) is 5.75 Å². The van der Waals surface area contributed by atoms with E-state index in [1.165, 1.54) is 7.11 Å². The number of imide groups is 1. The topological polar surface area (TPSA) is 75.7 Å². The number of anilines is 1. The number of nitrogens with one attached hydrogen (secondary N) is 1. The Labute approximate surface area is 159 Å². The zero-order chi connectivity index (χ0) is 19.8. The van der Waals surface area contributed by atoms with E-state index in [9.17, 15) is 14.4 Å². The lowest BCUT2D eigenvalue weighted by Crippen LogP contribution is -2.38. The summed E-state index contributed by atoms with van der Waals surface area (Å²) in [6, 6.07) is 5.64. The maximum atomic E-state index is 12.6. The van der Waals surface area contributed by atoms with Gasteiger partial charge in [0.1, 0.15) is 12.3 Å². The fourth-order valence-corrected chi connectivity index (χ4v) is 3.63. The van der Waals surface area contributed by atoms with Crippen LogP contribution in [0.1, 0.15) is 39.2 Å². The SMILES string of the molecule is COc1ccc(C(C)(C)C)cc1NC(=O)CN1C(=O)[C@@H]2CC=CC[C@H]2C1=O. The monoisotopic (exact) mass is 370 g/mol. The molecule has 6 heteroatoms. The van der Waals surface area contributed by atoms with Crippen LogP contribution >= 0.6 is 0 Å². The number of rotatable bonds is 4. The van der Waals surface area contributed by atoms with E-state index in [1.54, 1.807) is 0 Å². The Morgan fingerprint density at radius 2 is 1.74 bits per heavy atom. The highest BCUT2D eigenvalue weighted by Gasteiger charge is 2.47. The Kier molecular flexibility index (Phi) is 5.09. The summed E-state index contributed by atoms with van der Waals surface area (Å²) in [5.74, 6) is -1.02. The zero-order valence-electron chi connectivity index (χ0n) is 16.2. The molecule has 0 bridgehead atoms. The number of allylic oxidation sites excluding steroid dienone is 2. The number of likely N-dealkylation sites (tertiary alicyclic amines) is 1. The number of amides is 3. The van der Waals surface area contributed by atoms with Gasteiger partial charge in [-0.2, -0.15) is 0 Å². The Morgan fingerprint density at radius 1 is 1.15 bits per heavy atom. The lowest BCUT2D eigenvalue weighted by Gasteiger charge is -2.21. The van der Waals surface area contributed by atoms with E-state index >= 15 is 0 Å². The third-order valence-corrected chi connectivity index (χ3v) is 5.24. The third-order valence-electron chi connectivity index (χ3n) is 5.24. The highest BCUT2D eigenvalue weighted by atomic mass is 16.5. The van der Waals surface area contributed by atoms with Gasteiger partial charge < -0.3 is 10.1 Å². The van der Waals surface area contributed by atoms with Crippen LogP contribution in [0, 0.1) is 11.8 Å². The van der Waals surface area contributed by atoms with Gasteiger partial charge in [0.25, 0.3) is 0 Å². The normalized spacial score (nSPS) is 22.0. The number of ether oxygens (including phenoxy) is 1.